The molecule has 0 saturated heterocycles. The highest BCUT2D eigenvalue weighted by Gasteiger charge is 2.28. The second-order valence-electron chi connectivity index (χ2n) is 8.22. The Kier molecular flexibility index (Phi) is 8.95. The fourth-order valence-corrected chi connectivity index (χ4v) is 4.38. The number of pyridine rings is 1. The van der Waals surface area contributed by atoms with Crippen molar-refractivity contribution in [2.45, 2.75) is 37.9 Å². The Bertz CT molecular complexity index is 1240. The molecular weight excluding hydrogens is 468 g/mol. The molecule has 3 atom stereocenters. The fourth-order valence-electron chi connectivity index (χ4n) is 3.56. The van der Waals surface area contributed by atoms with Gasteiger partial charge in [-0.3, -0.25) is 9.36 Å². The highest BCUT2D eigenvalue weighted by atomic mass is 31.1. The number of esters is 1. The van der Waals surface area contributed by atoms with Gasteiger partial charge in [0.25, 0.3) is 0 Å². The number of carbonyl (C=O) groups is 1. The van der Waals surface area contributed by atoms with Crippen molar-refractivity contribution >= 4 is 14.0 Å². The summed E-state index contributed by atoms with van der Waals surface area (Å²) in [6.07, 6.45) is 3.47. The maximum Gasteiger partial charge on any atom is 0.313 e. The predicted molar refractivity (Wildman–Crippen MR) is 134 cm³/mol. The van der Waals surface area contributed by atoms with Crippen LogP contribution in [-0.4, -0.2) is 34.9 Å². The number of nitrogens with zero attached hydrogens (tertiary/aromatic N) is 1. The van der Waals surface area contributed by atoms with E-state index in [0.717, 1.165) is 5.56 Å². The van der Waals surface area contributed by atoms with Crippen LogP contribution in [-0.2, 0) is 13.9 Å². The monoisotopic (exact) mass is 495 g/mol. The summed E-state index contributed by atoms with van der Waals surface area (Å²) in [6.45, 7) is 3.90. The van der Waals surface area contributed by atoms with Crippen molar-refractivity contribution in [1.29, 1.82) is 0 Å². The van der Waals surface area contributed by atoms with E-state index in [0.29, 0.717) is 22.5 Å². The van der Waals surface area contributed by atoms with Crippen molar-refractivity contribution in [2.75, 3.05) is 7.11 Å². The highest BCUT2D eigenvalue weighted by Crippen LogP contribution is 2.39. The van der Waals surface area contributed by atoms with Crippen LogP contribution in [0.3, 0.4) is 0 Å². The van der Waals surface area contributed by atoms with Crippen molar-refractivity contribution in [3.05, 3.63) is 72.0 Å². The van der Waals surface area contributed by atoms with Crippen LogP contribution in [0.4, 0.5) is 4.39 Å². The summed E-state index contributed by atoms with van der Waals surface area (Å²) in [6, 6.07) is 17.1. The van der Waals surface area contributed by atoms with Crippen molar-refractivity contribution in [2.24, 2.45) is 0 Å². The standard InChI is InChI=1S/C27H27FNO5P/c1-5-24(35(32)33-4)23(30)16-25(31)34-27-21(17(2)3)15-22(18-9-7-6-8-10-18)29-26(27)19-11-13-20(28)14-12-19/h1,6-15,17,23-24,30,35H,16H2,2-4H3. The Morgan fingerprint density at radius 2 is 1.80 bits per heavy atom. The zero-order chi connectivity index (χ0) is 25.5. The highest BCUT2D eigenvalue weighted by molar-refractivity contribution is 7.40. The van der Waals surface area contributed by atoms with E-state index in [-0.39, 0.29) is 11.7 Å². The Hall–Kier alpha value is -3.30. The van der Waals surface area contributed by atoms with Gasteiger partial charge in [-0.05, 0) is 36.2 Å². The summed E-state index contributed by atoms with van der Waals surface area (Å²) in [5, 5.41) is 10.4. The average molecular weight is 495 g/mol. The maximum atomic E-state index is 13.6. The average Bonchev–Trinajstić information content (AvgIpc) is 2.85. The molecule has 0 saturated carbocycles. The number of carbonyl (C=O) groups excluding carboxylic acids is 1. The van der Waals surface area contributed by atoms with Crippen LogP contribution in [0.15, 0.2) is 60.7 Å². The second-order valence-corrected chi connectivity index (χ2v) is 9.88. The molecule has 35 heavy (non-hydrogen) atoms. The van der Waals surface area contributed by atoms with E-state index in [1.807, 2.05) is 50.2 Å². The third kappa shape index (κ3) is 6.43. The van der Waals surface area contributed by atoms with Crippen molar-refractivity contribution in [3.63, 3.8) is 0 Å². The summed E-state index contributed by atoms with van der Waals surface area (Å²) in [5.74, 6) is 1.19. The summed E-state index contributed by atoms with van der Waals surface area (Å²) >= 11 is 0. The fraction of sp³-hybridized carbons (Fsp3) is 0.259. The second kappa shape index (κ2) is 11.9. The number of terminal acetylenes is 1. The summed E-state index contributed by atoms with van der Waals surface area (Å²) < 4.78 is 36.1. The Labute approximate surface area is 205 Å². The van der Waals surface area contributed by atoms with Gasteiger partial charge in [0.15, 0.2) is 5.75 Å². The van der Waals surface area contributed by atoms with Gasteiger partial charge in [0, 0.05) is 23.8 Å². The van der Waals surface area contributed by atoms with Gasteiger partial charge in [-0.1, -0.05) is 50.1 Å². The normalized spacial score (nSPS) is 13.6. The zero-order valence-corrected chi connectivity index (χ0v) is 20.7. The molecule has 0 aliphatic carbocycles. The zero-order valence-electron chi connectivity index (χ0n) is 19.7. The van der Waals surface area contributed by atoms with E-state index in [4.69, 9.17) is 20.7 Å². The van der Waals surface area contributed by atoms with Crippen LogP contribution in [0, 0.1) is 18.2 Å². The number of hydrogen-bond donors (Lipinski definition) is 1. The van der Waals surface area contributed by atoms with Gasteiger partial charge in [0.2, 0.25) is 8.03 Å². The molecule has 0 amide bonds. The molecule has 6 nitrogen and oxygen atoms in total. The lowest BCUT2D eigenvalue weighted by molar-refractivity contribution is -0.136. The van der Waals surface area contributed by atoms with Gasteiger partial charge >= 0.3 is 5.97 Å². The van der Waals surface area contributed by atoms with Crippen molar-refractivity contribution < 1.29 is 28.1 Å². The first kappa shape index (κ1) is 26.3. The van der Waals surface area contributed by atoms with Crippen molar-refractivity contribution in [3.8, 4) is 40.6 Å². The first-order valence-electron chi connectivity index (χ1n) is 11.0. The largest absolute Gasteiger partial charge is 0.424 e. The van der Waals surface area contributed by atoms with Crippen LogP contribution >= 0.6 is 8.03 Å². The number of halogens is 1. The number of rotatable bonds is 9. The van der Waals surface area contributed by atoms with Crippen LogP contribution in [0.1, 0.15) is 31.7 Å². The van der Waals surface area contributed by atoms with Gasteiger partial charge in [-0.2, -0.15) is 0 Å². The molecule has 0 fully saturated rings. The van der Waals surface area contributed by atoms with Gasteiger partial charge in [-0.25, -0.2) is 9.37 Å². The molecule has 3 aromatic rings. The van der Waals surface area contributed by atoms with E-state index in [9.17, 15) is 18.9 Å². The van der Waals surface area contributed by atoms with Crippen LogP contribution in [0.2, 0.25) is 0 Å². The van der Waals surface area contributed by atoms with E-state index in [1.165, 1.54) is 19.2 Å². The molecule has 182 valence electrons. The van der Waals surface area contributed by atoms with Crippen LogP contribution < -0.4 is 4.74 Å². The van der Waals surface area contributed by atoms with E-state index < -0.39 is 38.0 Å². The SMILES string of the molecule is C#CC(C(O)CC(=O)Oc1c(C(C)C)cc(-c2ccccc2)nc1-c1ccc(F)cc1)[PH](=O)OC. The molecule has 0 aliphatic heterocycles. The molecule has 0 aliphatic rings. The summed E-state index contributed by atoms with van der Waals surface area (Å²) in [7, 11) is -1.52. The molecule has 1 N–H and O–H groups in total. The number of hydrogen-bond acceptors (Lipinski definition) is 6. The van der Waals surface area contributed by atoms with Crippen LogP contribution in [0.25, 0.3) is 22.5 Å². The molecule has 0 spiro atoms. The topological polar surface area (TPSA) is 85.7 Å². The molecule has 1 heterocycles. The van der Waals surface area contributed by atoms with Gasteiger partial charge in [-0.15, -0.1) is 6.42 Å². The molecule has 3 rings (SSSR count). The number of aliphatic hydroxyl groups excluding tert-OH is 1. The molecule has 0 radical (unpaired) electrons. The van der Waals surface area contributed by atoms with Crippen molar-refractivity contribution in [1.82, 2.24) is 4.98 Å². The van der Waals surface area contributed by atoms with Gasteiger partial charge in [0.05, 0.1) is 18.2 Å². The van der Waals surface area contributed by atoms with E-state index in [2.05, 4.69) is 5.92 Å². The number of ether oxygens (including phenoxy) is 1. The quantitative estimate of drug-likeness (QED) is 0.241. The molecule has 8 heteroatoms. The lowest BCUT2D eigenvalue weighted by Gasteiger charge is -2.20. The van der Waals surface area contributed by atoms with E-state index >= 15 is 0 Å². The molecule has 2 aromatic carbocycles. The Morgan fingerprint density at radius 3 is 2.37 bits per heavy atom. The number of benzene rings is 2. The third-order valence-corrected chi connectivity index (χ3v) is 6.88. The lowest BCUT2D eigenvalue weighted by Crippen LogP contribution is -2.27. The molecule has 0 bridgehead atoms. The lowest BCUT2D eigenvalue weighted by atomic mass is 9.96. The molecular formula is C27H27FNO5P. The van der Waals surface area contributed by atoms with E-state index in [1.54, 1.807) is 12.1 Å². The Morgan fingerprint density at radius 1 is 1.14 bits per heavy atom. The Balaban J connectivity index is 2.06. The maximum absolute atomic E-state index is 13.6. The minimum absolute atomic E-state index is 0.0595. The predicted octanol–water partition coefficient (Wildman–Crippen LogP) is 5.46. The minimum atomic E-state index is -2.74. The summed E-state index contributed by atoms with van der Waals surface area (Å²) in [5.41, 5.74) is 2.03. The number of aromatic nitrogens is 1. The molecule has 1 aromatic heterocycles. The van der Waals surface area contributed by atoms with Crippen LogP contribution in [0.5, 0.6) is 5.75 Å². The van der Waals surface area contributed by atoms with Gasteiger partial charge < -0.3 is 14.4 Å². The summed E-state index contributed by atoms with van der Waals surface area (Å²) in [4.78, 5) is 17.6. The van der Waals surface area contributed by atoms with Gasteiger partial charge in [0.1, 0.15) is 17.2 Å². The minimum Gasteiger partial charge on any atom is -0.424 e. The third-order valence-electron chi connectivity index (χ3n) is 5.42. The smallest absolute Gasteiger partial charge is 0.313 e. The molecule has 3 unspecified atom stereocenters. The number of aliphatic hydroxyl groups is 1. The first-order valence-corrected chi connectivity index (χ1v) is 12.4. The first-order chi connectivity index (χ1) is 16.7.